The van der Waals surface area contributed by atoms with Gasteiger partial charge in [-0.25, -0.2) is 0 Å². The number of carbonyl (C=O) groups is 1. The molecule has 144 valence electrons. The molecule has 2 rings (SSSR count). The average Bonchev–Trinajstić information content (AvgIpc) is 2.61. The molecule has 0 saturated heterocycles. The van der Waals surface area contributed by atoms with Crippen molar-refractivity contribution in [3.05, 3.63) is 54.1 Å². The number of nitrogens with one attached hydrogen (secondary N) is 2. The van der Waals surface area contributed by atoms with Gasteiger partial charge in [-0.05, 0) is 68.4 Å². The molecule has 1 amide bonds. The van der Waals surface area contributed by atoms with Crippen molar-refractivity contribution in [2.45, 2.75) is 33.8 Å². The van der Waals surface area contributed by atoms with E-state index >= 15 is 0 Å². The Bertz CT molecular complexity index is 773. The highest BCUT2D eigenvalue weighted by Crippen LogP contribution is 2.24. The third-order valence-corrected chi connectivity index (χ3v) is 3.63. The number of carbonyl (C=O) groups excluding carboxylic acids is 1. The lowest BCUT2D eigenvalue weighted by molar-refractivity contribution is 0.0977. The zero-order valence-corrected chi connectivity index (χ0v) is 16.9. The lowest BCUT2D eigenvalue weighted by atomic mass is 10.2. The van der Waals surface area contributed by atoms with Gasteiger partial charge < -0.3 is 14.8 Å². The number of para-hydroxylation sites is 2. The first-order chi connectivity index (χ1) is 12.8. The van der Waals surface area contributed by atoms with E-state index in [4.69, 9.17) is 21.7 Å². The Kier molecular flexibility index (Phi) is 7.61. The minimum atomic E-state index is -0.288. The highest BCUT2D eigenvalue weighted by atomic mass is 32.1. The number of hydrogen-bond donors (Lipinski definition) is 2. The third-order valence-electron chi connectivity index (χ3n) is 3.42. The second kappa shape index (κ2) is 9.92. The summed E-state index contributed by atoms with van der Waals surface area (Å²) in [4.78, 5) is 12.4. The van der Waals surface area contributed by atoms with Crippen molar-refractivity contribution in [2.24, 2.45) is 5.92 Å². The average molecular weight is 387 g/mol. The smallest absolute Gasteiger partial charge is 0.257 e. The van der Waals surface area contributed by atoms with Gasteiger partial charge in [-0.2, -0.15) is 0 Å². The molecule has 0 heterocycles. The summed E-state index contributed by atoms with van der Waals surface area (Å²) in [5.74, 6) is 1.54. The van der Waals surface area contributed by atoms with Crippen molar-refractivity contribution in [1.82, 2.24) is 5.32 Å². The van der Waals surface area contributed by atoms with Crippen LogP contribution >= 0.6 is 12.2 Å². The predicted octanol–water partition coefficient (Wildman–Crippen LogP) is 4.64. The fraction of sp³-hybridized carbons (Fsp3) is 0.333. The molecule has 0 bridgehead atoms. The molecule has 0 spiro atoms. The Labute approximate surface area is 166 Å². The lowest BCUT2D eigenvalue weighted by Gasteiger charge is -2.15. The summed E-state index contributed by atoms with van der Waals surface area (Å²) in [7, 11) is 0. The zero-order valence-electron chi connectivity index (χ0n) is 16.1. The van der Waals surface area contributed by atoms with E-state index in [0.29, 0.717) is 29.5 Å². The summed E-state index contributed by atoms with van der Waals surface area (Å²) in [6.45, 7) is 8.67. The SMILES string of the molecule is CC(C)COc1ccccc1NC(=S)NC(=O)c1ccc(OC(C)C)cc1. The first-order valence-corrected chi connectivity index (χ1v) is 9.37. The van der Waals surface area contributed by atoms with Crippen molar-refractivity contribution in [1.29, 1.82) is 0 Å². The first-order valence-electron chi connectivity index (χ1n) is 8.96. The molecule has 0 unspecified atom stereocenters. The van der Waals surface area contributed by atoms with Crippen molar-refractivity contribution >= 4 is 28.9 Å². The van der Waals surface area contributed by atoms with Crippen LogP contribution in [0.2, 0.25) is 0 Å². The van der Waals surface area contributed by atoms with Crippen LogP contribution in [0.3, 0.4) is 0 Å². The largest absolute Gasteiger partial charge is 0.491 e. The molecule has 5 nitrogen and oxygen atoms in total. The second-order valence-electron chi connectivity index (χ2n) is 6.80. The highest BCUT2D eigenvalue weighted by Gasteiger charge is 2.11. The van der Waals surface area contributed by atoms with Crippen molar-refractivity contribution in [2.75, 3.05) is 11.9 Å². The summed E-state index contributed by atoms with van der Waals surface area (Å²) >= 11 is 5.27. The van der Waals surface area contributed by atoms with Gasteiger partial charge in [0.25, 0.3) is 5.91 Å². The van der Waals surface area contributed by atoms with E-state index in [-0.39, 0.29) is 17.1 Å². The minimum Gasteiger partial charge on any atom is -0.491 e. The normalized spacial score (nSPS) is 10.6. The molecule has 2 N–H and O–H groups in total. The quantitative estimate of drug-likeness (QED) is 0.679. The Morgan fingerprint density at radius 1 is 1.04 bits per heavy atom. The molecule has 0 aromatic heterocycles. The van der Waals surface area contributed by atoms with Crippen LogP contribution in [0.25, 0.3) is 0 Å². The summed E-state index contributed by atoms with van der Waals surface area (Å²) < 4.78 is 11.4. The predicted molar refractivity (Wildman–Crippen MR) is 113 cm³/mol. The Balaban J connectivity index is 1.96. The summed E-state index contributed by atoms with van der Waals surface area (Å²) in [6.07, 6.45) is 0.0828. The van der Waals surface area contributed by atoms with Gasteiger partial charge in [-0.1, -0.05) is 26.0 Å². The number of amides is 1. The fourth-order valence-electron chi connectivity index (χ4n) is 2.24. The molecule has 2 aromatic rings. The molecule has 0 saturated carbocycles. The molecule has 0 aliphatic carbocycles. The minimum absolute atomic E-state index is 0.0828. The topological polar surface area (TPSA) is 59.6 Å². The molecule has 0 aliphatic heterocycles. The van der Waals surface area contributed by atoms with E-state index in [1.54, 1.807) is 24.3 Å². The maximum absolute atomic E-state index is 12.4. The van der Waals surface area contributed by atoms with Crippen LogP contribution in [0.1, 0.15) is 38.1 Å². The van der Waals surface area contributed by atoms with Crippen LogP contribution < -0.4 is 20.1 Å². The number of hydrogen-bond acceptors (Lipinski definition) is 4. The molecular weight excluding hydrogens is 360 g/mol. The van der Waals surface area contributed by atoms with Gasteiger partial charge >= 0.3 is 0 Å². The van der Waals surface area contributed by atoms with Crippen LogP contribution in [0.5, 0.6) is 11.5 Å². The molecule has 27 heavy (non-hydrogen) atoms. The number of thiocarbonyl (C=S) groups is 1. The van der Waals surface area contributed by atoms with Crippen LogP contribution in [0.15, 0.2) is 48.5 Å². The molecule has 0 atom stereocenters. The maximum Gasteiger partial charge on any atom is 0.257 e. The summed E-state index contributed by atoms with van der Waals surface area (Å²) in [6, 6.07) is 14.4. The van der Waals surface area contributed by atoms with E-state index in [9.17, 15) is 4.79 Å². The standard InChI is InChI=1S/C21H26N2O3S/c1-14(2)13-25-19-8-6-5-7-18(19)22-21(27)23-20(24)16-9-11-17(12-10-16)26-15(3)4/h5-12,14-15H,13H2,1-4H3,(H2,22,23,24,27). The van der Waals surface area contributed by atoms with Gasteiger partial charge in [0.1, 0.15) is 11.5 Å². The Morgan fingerprint density at radius 2 is 1.70 bits per heavy atom. The van der Waals surface area contributed by atoms with Gasteiger partial charge in [0.05, 0.1) is 18.4 Å². The summed E-state index contributed by atoms with van der Waals surface area (Å²) in [5, 5.41) is 5.92. The number of rotatable bonds is 7. The van der Waals surface area contributed by atoms with Gasteiger partial charge in [0.15, 0.2) is 5.11 Å². The Hall–Kier alpha value is -2.60. The van der Waals surface area contributed by atoms with E-state index in [1.807, 2.05) is 38.1 Å². The van der Waals surface area contributed by atoms with Gasteiger partial charge in [-0.3, -0.25) is 10.1 Å². The van der Waals surface area contributed by atoms with E-state index < -0.39 is 0 Å². The molecule has 0 fully saturated rings. The number of ether oxygens (including phenoxy) is 2. The molecule has 2 aromatic carbocycles. The van der Waals surface area contributed by atoms with Crippen molar-refractivity contribution < 1.29 is 14.3 Å². The van der Waals surface area contributed by atoms with E-state index in [1.165, 1.54) is 0 Å². The molecular formula is C21H26N2O3S. The van der Waals surface area contributed by atoms with Crippen LogP contribution in [-0.2, 0) is 0 Å². The zero-order chi connectivity index (χ0) is 19.8. The Morgan fingerprint density at radius 3 is 2.33 bits per heavy atom. The van der Waals surface area contributed by atoms with Crippen LogP contribution in [-0.4, -0.2) is 23.7 Å². The van der Waals surface area contributed by atoms with Crippen LogP contribution in [0.4, 0.5) is 5.69 Å². The number of benzene rings is 2. The van der Waals surface area contributed by atoms with Crippen molar-refractivity contribution in [3.8, 4) is 11.5 Å². The van der Waals surface area contributed by atoms with Gasteiger partial charge in [-0.15, -0.1) is 0 Å². The van der Waals surface area contributed by atoms with Crippen molar-refractivity contribution in [3.63, 3.8) is 0 Å². The van der Waals surface area contributed by atoms with Crippen LogP contribution in [0, 0.1) is 5.92 Å². The fourth-order valence-corrected chi connectivity index (χ4v) is 2.44. The second-order valence-corrected chi connectivity index (χ2v) is 7.21. The van der Waals surface area contributed by atoms with E-state index in [0.717, 1.165) is 5.75 Å². The number of anilines is 1. The monoisotopic (exact) mass is 386 g/mol. The highest BCUT2D eigenvalue weighted by molar-refractivity contribution is 7.80. The molecule has 0 aliphatic rings. The first kappa shape index (κ1) is 20.7. The third kappa shape index (κ3) is 6.90. The molecule has 6 heteroatoms. The molecule has 0 radical (unpaired) electrons. The maximum atomic E-state index is 12.4. The van der Waals surface area contributed by atoms with E-state index in [2.05, 4.69) is 24.5 Å². The van der Waals surface area contributed by atoms with Gasteiger partial charge in [0.2, 0.25) is 0 Å². The summed E-state index contributed by atoms with van der Waals surface area (Å²) in [5.41, 5.74) is 1.21. The lowest BCUT2D eigenvalue weighted by Crippen LogP contribution is -2.34. The van der Waals surface area contributed by atoms with Gasteiger partial charge in [0, 0.05) is 5.56 Å².